The lowest BCUT2D eigenvalue weighted by molar-refractivity contribution is -0.137. The van der Waals surface area contributed by atoms with Crippen molar-refractivity contribution in [2.24, 2.45) is 0 Å². The zero-order chi connectivity index (χ0) is 23.5. The Balaban J connectivity index is 1.67. The van der Waals surface area contributed by atoms with Crippen LogP contribution in [0, 0.1) is 6.92 Å². The Hall–Kier alpha value is -3.69. The molecule has 0 fully saturated rings. The molecule has 0 bridgehead atoms. The van der Waals surface area contributed by atoms with Crippen molar-refractivity contribution in [2.45, 2.75) is 39.5 Å². The number of benzene rings is 1. The van der Waals surface area contributed by atoms with Crippen LogP contribution in [0.25, 0.3) is 5.82 Å². The third-order valence-electron chi connectivity index (χ3n) is 4.80. The lowest BCUT2D eigenvalue weighted by Crippen LogP contribution is -2.30. The van der Waals surface area contributed by atoms with Gasteiger partial charge in [0.1, 0.15) is 5.56 Å². The van der Waals surface area contributed by atoms with E-state index in [0.717, 1.165) is 24.1 Å². The van der Waals surface area contributed by atoms with E-state index >= 15 is 0 Å². The van der Waals surface area contributed by atoms with Crippen LogP contribution in [0.1, 0.15) is 41.0 Å². The zero-order valence-electron chi connectivity index (χ0n) is 17.6. The Kier molecular flexibility index (Phi) is 6.61. The predicted molar refractivity (Wildman–Crippen MR) is 110 cm³/mol. The van der Waals surface area contributed by atoms with Gasteiger partial charge in [-0.2, -0.15) is 18.3 Å². The number of aromatic nitrogens is 3. The summed E-state index contributed by atoms with van der Waals surface area (Å²) >= 11 is 0. The van der Waals surface area contributed by atoms with Crippen molar-refractivity contribution in [2.75, 3.05) is 5.32 Å². The Morgan fingerprint density at radius 1 is 1.12 bits per heavy atom. The summed E-state index contributed by atoms with van der Waals surface area (Å²) in [5.41, 5.74) is 1.18. The molecule has 3 rings (SSSR count). The van der Waals surface area contributed by atoms with E-state index in [9.17, 15) is 22.8 Å². The van der Waals surface area contributed by atoms with Crippen LogP contribution in [0.3, 0.4) is 0 Å². The van der Waals surface area contributed by atoms with Gasteiger partial charge in [-0.1, -0.05) is 19.1 Å². The van der Waals surface area contributed by atoms with Gasteiger partial charge in [0, 0.05) is 11.9 Å². The van der Waals surface area contributed by atoms with Crippen molar-refractivity contribution in [1.82, 2.24) is 14.8 Å². The molecular formula is C22H21F3N4O3. The number of hydrogen-bond donors (Lipinski definition) is 1. The van der Waals surface area contributed by atoms with Crippen molar-refractivity contribution in [3.05, 3.63) is 71.2 Å². The molecule has 1 aromatic carbocycles. The molecule has 32 heavy (non-hydrogen) atoms. The molecule has 0 saturated carbocycles. The number of halogens is 3. The topological polar surface area (TPSA) is 86.1 Å². The van der Waals surface area contributed by atoms with Gasteiger partial charge in [-0.15, -0.1) is 0 Å². The van der Waals surface area contributed by atoms with E-state index in [2.05, 4.69) is 15.4 Å². The molecule has 168 valence electrons. The molecule has 10 heteroatoms. The minimum absolute atomic E-state index is 0.0682. The Bertz CT molecular complexity index is 1110. The maximum absolute atomic E-state index is 12.7. The van der Waals surface area contributed by atoms with Gasteiger partial charge in [0.15, 0.2) is 11.9 Å². The predicted octanol–water partition coefficient (Wildman–Crippen LogP) is 4.34. The van der Waals surface area contributed by atoms with Crippen LogP contribution in [0.5, 0.6) is 0 Å². The molecule has 0 saturated heterocycles. The number of rotatable bonds is 6. The van der Waals surface area contributed by atoms with Crippen molar-refractivity contribution >= 4 is 17.6 Å². The first kappa shape index (κ1) is 23.0. The Morgan fingerprint density at radius 2 is 1.81 bits per heavy atom. The highest BCUT2D eigenvalue weighted by Crippen LogP contribution is 2.29. The number of pyridine rings is 1. The number of ether oxygens (including phenoxy) is 1. The average Bonchev–Trinajstić information content (AvgIpc) is 3.15. The number of amides is 1. The number of nitrogens with one attached hydrogen (secondary N) is 1. The summed E-state index contributed by atoms with van der Waals surface area (Å²) in [7, 11) is 0. The molecule has 7 nitrogen and oxygen atoms in total. The monoisotopic (exact) mass is 446 g/mol. The fourth-order valence-corrected chi connectivity index (χ4v) is 2.87. The lowest BCUT2D eigenvalue weighted by atomic mass is 10.1. The van der Waals surface area contributed by atoms with Gasteiger partial charge in [-0.3, -0.25) is 4.79 Å². The first-order chi connectivity index (χ1) is 15.1. The third-order valence-corrected chi connectivity index (χ3v) is 4.80. The third kappa shape index (κ3) is 5.13. The summed E-state index contributed by atoms with van der Waals surface area (Å²) < 4.78 is 44.6. The molecule has 0 aliphatic rings. The standard InChI is InChI=1S/C22H21F3N4O3/c1-4-15-5-8-17(9-6-15)28-20(30)14(3)32-21(31)18-12-27-29(13(18)2)19-10-7-16(11-26-19)22(23,24)25/h5-12,14H,4H2,1-3H3,(H,28,30). The quantitative estimate of drug-likeness (QED) is 0.570. The normalized spacial score (nSPS) is 12.3. The van der Waals surface area contributed by atoms with E-state index in [-0.39, 0.29) is 11.4 Å². The van der Waals surface area contributed by atoms with Crippen LogP contribution >= 0.6 is 0 Å². The minimum atomic E-state index is -4.51. The summed E-state index contributed by atoms with van der Waals surface area (Å²) in [4.78, 5) is 28.6. The van der Waals surface area contributed by atoms with E-state index in [1.54, 1.807) is 19.1 Å². The number of aryl methyl sites for hydroxylation is 1. The van der Waals surface area contributed by atoms with Gasteiger partial charge in [0.25, 0.3) is 5.91 Å². The molecule has 2 heterocycles. The lowest BCUT2D eigenvalue weighted by Gasteiger charge is -2.14. The van der Waals surface area contributed by atoms with Crippen molar-refractivity contribution in [3.63, 3.8) is 0 Å². The first-order valence-corrected chi connectivity index (χ1v) is 9.79. The maximum Gasteiger partial charge on any atom is 0.417 e. The second kappa shape index (κ2) is 9.21. The van der Waals surface area contributed by atoms with Crippen LogP contribution in [-0.2, 0) is 22.1 Å². The number of nitrogens with zero attached hydrogens (tertiary/aromatic N) is 3. The second-order valence-corrected chi connectivity index (χ2v) is 7.05. The van der Waals surface area contributed by atoms with Crippen LogP contribution in [0.15, 0.2) is 48.8 Å². The summed E-state index contributed by atoms with van der Waals surface area (Å²) in [6, 6.07) is 9.32. The first-order valence-electron chi connectivity index (χ1n) is 9.79. The molecule has 0 aliphatic carbocycles. The molecule has 0 spiro atoms. The van der Waals surface area contributed by atoms with E-state index in [4.69, 9.17) is 4.74 Å². The average molecular weight is 446 g/mol. The number of alkyl halides is 3. The van der Waals surface area contributed by atoms with Gasteiger partial charge in [-0.05, 0) is 50.1 Å². The van der Waals surface area contributed by atoms with Crippen LogP contribution in [0.2, 0.25) is 0 Å². The van der Waals surface area contributed by atoms with E-state index in [0.29, 0.717) is 17.6 Å². The number of esters is 1. The molecular weight excluding hydrogens is 425 g/mol. The molecule has 1 amide bonds. The van der Waals surface area contributed by atoms with Crippen molar-refractivity contribution in [3.8, 4) is 5.82 Å². The smallest absolute Gasteiger partial charge is 0.417 e. The molecule has 1 atom stereocenters. The molecule has 3 aromatic rings. The molecule has 2 aromatic heterocycles. The summed E-state index contributed by atoms with van der Waals surface area (Å²) in [5.74, 6) is -1.18. The summed E-state index contributed by atoms with van der Waals surface area (Å²) in [6.07, 6.45) is -2.81. The van der Waals surface area contributed by atoms with Gasteiger partial charge >= 0.3 is 12.1 Å². The van der Waals surface area contributed by atoms with Crippen molar-refractivity contribution < 1.29 is 27.5 Å². The Labute approximate surface area is 182 Å². The number of anilines is 1. The van der Waals surface area contributed by atoms with Gasteiger partial charge < -0.3 is 10.1 Å². The number of carbonyl (C=O) groups is 2. The fraction of sp³-hybridized carbons (Fsp3) is 0.273. The molecule has 1 unspecified atom stereocenters. The van der Waals surface area contributed by atoms with E-state index in [1.165, 1.54) is 17.8 Å². The maximum atomic E-state index is 12.7. The molecule has 1 N–H and O–H groups in total. The number of hydrogen-bond acceptors (Lipinski definition) is 5. The van der Waals surface area contributed by atoms with E-state index < -0.39 is 29.7 Å². The molecule has 0 radical (unpaired) electrons. The van der Waals surface area contributed by atoms with Gasteiger partial charge in [0.2, 0.25) is 0 Å². The SMILES string of the molecule is CCc1ccc(NC(=O)C(C)OC(=O)c2cnn(-c3ccc(C(F)(F)F)cn3)c2C)cc1. The van der Waals surface area contributed by atoms with Crippen LogP contribution in [-0.4, -0.2) is 32.7 Å². The molecule has 0 aliphatic heterocycles. The largest absolute Gasteiger partial charge is 0.449 e. The Morgan fingerprint density at radius 3 is 2.38 bits per heavy atom. The van der Waals surface area contributed by atoms with Crippen LogP contribution < -0.4 is 5.32 Å². The van der Waals surface area contributed by atoms with Gasteiger partial charge in [0.05, 0.1) is 17.5 Å². The minimum Gasteiger partial charge on any atom is -0.449 e. The highest BCUT2D eigenvalue weighted by molar-refractivity contribution is 5.97. The fourth-order valence-electron chi connectivity index (χ4n) is 2.87. The number of carbonyl (C=O) groups excluding carboxylic acids is 2. The highest BCUT2D eigenvalue weighted by atomic mass is 19.4. The highest BCUT2D eigenvalue weighted by Gasteiger charge is 2.31. The van der Waals surface area contributed by atoms with E-state index in [1.807, 2.05) is 19.1 Å². The second-order valence-electron chi connectivity index (χ2n) is 7.05. The summed E-state index contributed by atoms with van der Waals surface area (Å²) in [5, 5.41) is 6.68. The van der Waals surface area contributed by atoms with Crippen LogP contribution in [0.4, 0.5) is 18.9 Å². The van der Waals surface area contributed by atoms with Gasteiger partial charge in [-0.25, -0.2) is 14.5 Å². The zero-order valence-corrected chi connectivity index (χ0v) is 17.6. The van der Waals surface area contributed by atoms with Crippen molar-refractivity contribution in [1.29, 1.82) is 0 Å². The summed E-state index contributed by atoms with van der Waals surface area (Å²) in [6.45, 7) is 5.00.